The minimum atomic E-state index is -0.720. The molecule has 0 fully saturated rings. The maximum absolute atomic E-state index is 13.0. The Hall–Kier alpha value is -3.58. The fourth-order valence-electron chi connectivity index (χ4n) is 4.47. The molecule has 1 atom stereocenters. The molecule has 1 aliphatic heterocycles. The van der Waals surface area contributed by atoms with E-state index < -0.39 is 18.0 Å². The van der Waals surface area contributed by atoms with E-state index in [2.05, 4.69) is 22.9 Å². The molecule has 5 rings (SSSR count). The Morgan fingerprint density at radius 3 is 2.71 bits per heavy atom. The number of nitrogens with zero attached hydrogens (tertiary/aromatic N) is 3. The summed E-state index contributed by atoms with van der Waals surface area (Å²) in [6.45, 7) is 1.97. The molecule has 0 aliphatic carbocycles. The molecule has 0 saturated carbocycles. The van der Waals surface area contributed by atoms with Gasteiger partial charge in [-0.25, -0.2) is 4.99 Å². The van der Waals surface area contributed by atoms with Crippen molar-refractivity contribution in [3.05, 3.63) is 64.7 Å². The van der Waals surface area contributed by atoms with E-state index >= 15 is 0 Å². The van der Waals surface area contributed by atoms with Crippen molar-refractivity contribution in [3.63, 3.8) is 0 Å². The highest BCUT2D eigenvalue weighted by atomic mass is 35.5. The summed E-state index contributed by atoms with van der Waals surface area (Å²) in [5, 5.41) is 14.3. The zero-order valence-corrected chi connectivity index (χ0v) is 20.8. The number of rotatable bonds is 5. The van der Waals surface area contributed by atoms with Crippen LogP contribution in [0.25, 0.3) is 37.1 Å². The van der Waals surface area contributed by atoms with Crippen LogP contribution < -0.4 is 11.1 Å². The summed E-state index contributed by atoms with van der Waals surface area (Å²) in [7, 11) is 0. The van der Waals surface area contributed by atoms with E-state index in [1.807, 2.05) is 54.0 Å². The summed E-state index contributed by atoms with van der Waals surface area (Å²) in [5.41, 5.74) is 7.49. The fraction of sp³-hybridized carbons (Fsp3) is 0.120. The van der Waals surface area contributed by atoms with Gasteiger partial charge in [-0.2, -0.15) is 5.26 Å². The average Bonchev–Trinajstić information content (AvgIpc) is 3.47. The van der Waals surface area contributed by atoms with Crippen LogP contribution in [0, 0.1) is 11.3 Å². The molecule has 3 N–H and O–H groups in total. The molecule has 2 aromatic carbocycles. The van der Waals surface area contributed by atoms with Gasteiger partial charge in [0, 0.05) is 20.7 Å². The molecule has 10 heteroatoms. The molecule has 0 radical (unpaired) electrons. The van der Waals surface area contributed by atoms with Gasteiger partial charge in [-0.15, -0.1) is 24.0 Å². The largest absolute Gasteiger partial charge is 0.379 e. The molecule has 1 unspecified atom stereocenters. The minimum Gasteiger partial charge on any atom is -0.379 e. The van der Waals surface area contributed by atoms with Gasteiger partial charge < -0.3 is 10.3 Å². The number of nitrogens with two attached hydrogens (primary N) is 1. The van der Waals surface area contributed by atoms with Crippen LogP contribution >= 0.6 is 35.6 Å². The maximum Gasteiger partial charge on any atom is 0.269 e. The predicted octanol–water partition coefficient (Wildman–Crippen LogP) is 5.26. The molecule has 1 aliphatic rings. The van der Waals surface area contributed by atoms with Gasteiger partial charge in [0.05, 0.1) is 21.7 Å². The van der Waals surface area contributed by atoms with Crippen LogP contribution in [-0.4, -0.2) is 21.5 Å². The van der Waals surface area contributed by atoms with E-state index in [1.54, 1.807) is 12.1 Å². The highest BCUT2D eigenvalue weighted by Crippen LogP contribution is 2.46. The lowest BCUT2D eigenvalue weighted by atomic mass is 9.98. The number of halogens is 1. The zero-order chi connectivity index (χ0) is 24.9. The van der Waals surface area contributed by atoms with E-state index in [0.717, 1.165) is 20.5 Å². The SMILES string of the molecule is CCC(N=C(N)S)n1c(-c2cc3ccccc3s2)c(C2=C(C#N)C(=O)NC2=O)c2cc(Cl)ccc21. The zero-order valence-electron chi connectivity index (χ0n) is 18.4. The number of nitrogens with one attached hydrogen (secondary N) is 1. The third-order valence-corrected chi connectivity index (χ3v) is 7.33. The third kappa shape index (κ3) is 3.80. The number of nitriles is 1. The molecule has 7 nitrogen and oxygen atoms in total. The Labute approximate surface area is 214 Å². The smallest absolute Gasteiger partial charge is 0.269 e. The molecule has 4 aromatic rings. The lowest BCUT2D eigenvalue weighted by molar-refractivity contribution is -0.123. The second kappa shape index (κ2) is 8.89. The summed E-state index contributed by atoms with van der Waals surface area (Å²) < 4.78 is 3.03. The van der Waals surface area contributed by atoms with Gasteiger partial charge in [-0.3, -0.25) is 14.9 Å². The Bertz CT molecular complexity index is 1620. The highest BCUT2D eigenvalue weighted by Gasteiger charge is 2.37. The number of aliphatic imine (C=N–C) groups is 1. The first-order chi connectivity index (χ1) is 16.8. The van der Waals surface area contributed by atoms with Crippen molar-refractivity contribution in [3.8, 4) is 16.6 Å². The standard InChI is InChI=1S/C25H18ClN5O2S2/c1-2-19(29-25(28)34)31-16-8-7-13(26)10-14(16)20(21-15(11-27)23(32)30-24(21)33)22(31)18-9-12-5-3-4-6-17(12)35-18/h3-10,19H,2H2,1H3,(H3,28,29,34)(H,30,32,33). The van der Waals surface area contributed by atoms with Crippen molar-refractivity contribution in [1.29, 1.82) is 5.26 Å². The summed E-state index contributed by atoms with van der Waals surface area (Å²) in [4.78, 5) is 30.8. The van der Waals surface area contributed by atoms with Crippen molar-refractivity contribution < 1.29 is 9.59 Å². The molecular formula is C25H18ClN5O2S2. The van der Waals surface area contributed by atoms with E-state index in [-0.39, 0.29) is 16.3 Å². The van der Waals surface area contributed by atoms with Crippen molar-refractivity contribution in [2.24, 2.45) is 10.7 Å². The molecule has 0 saturated heterocycles. The van der Waals surface area contributed by atoms with Gasteiger partial charge in [0.25, 0.3) is 11.8 Å². The van der Waals surface area contributed by atoms with E-state index in [1.165, 1.54) is 11.3 Å². The Balaban J connectivity index is 2.00. The van der Waals surface area contributed by atoms with Gasteiger partial charge >= 0.3 is 0 Å². The van der Waals surface area contributed by atoms with Crippen LogP contribution in [0.1, 0.15) is 25.1 Å². The quantitative estimate of drug-likeness (QED) is 0.144. The van der Waals surface area contributed by atoms with Crippen LogP contribution in [-0.2, 0) is 9.59 Å². The normalized spacial score (nSPS) is 15.2. The number of thiophene rings is 1. The molecule has 0 spiro atoms. The van der Waals surface area contributed by atoms with Gasteiger partial charge in [-0.1, -0.05) is 36.7 Å². The highest BCUT2D eigenvalue weighted by molar-refractivity contribution is 7.96. The number of hydrogen-bond donors (Lipinski definition) is 3. The number of carbonyl (C=O) groups excluding carboxylic acids is 2. The van der Waals surface area contributed by atoms with Gasteiger partial charge in [0.2, 0.25) is 0 Å². The number of amidine groups is 1. The van der Waals surface area contributed by atoms with Gasteiger partial charge in [0.15, 0.2) is 5.17 Å². The second-order valence-electron chi connectivity index (χ2n) is 7.92. The number of amides is 2. The van der Waals surface area contributed by atoms with E-state index in [9.17, 15) is 14.9 Å². The first kappa shape index (κ1) is 23.2. The van der Waals surface area contributed by atoms with Crippen molar-refractivity contribution in [2.45, 2.75) is 19.5 Å². The summed E-state index contributed by atoms with van der Waals surface area (Å²) in [6, 6.07) is 17.2. The third-order valence-electron chi connectivity index (χ3n) is 5.86. The van der Waals surface area contributed by atoms with Crippen molar-refractivity contribution in [2.75, 3.05) is 0 Å². The van der Waals surface area contributed by atoms with Crippen LogP contribution in [0.2, 0.25) is 5.02 Å². The Morgan fingerprint density at radius 2 is 2.03 bits per heavy atom. The topological polar surface area (TPSA) is 113 Å². The first-order valence-corrected chi connectivity index (χ1v) is 12.3. The number of thiol groups is 1. The van der Waals surface area contributed by atoms with Crippen molar-refractivity contribution in [1.82, 2.24) is 9.88 Å². The lowest BCUT2D eigenvalue weighted by Gasteiger charge is -2.18. The summed E-state index contributed by atoms with van der Waals surface area (Å²) in [6.07, 6.45) is 0.108. The van der Waals surface area contributed by atoms with Crippen LogP contribution in [0.4, 0.5) is 0 Å². The van der Waals surface area contributed by atoms with Gasteiger partial charge in [0.1, 0.15) is 17.8 Å². The molecule has 35 heavy (non-hydrogen) atoms. The van der Waals surface area contributed by atoms with Crippen LogP contribution in [0.15, 0.2) is 59.1 Å². The monoisotopic (exact) mass is 519 g/mol. The predicted molar refractivity (Wildman–Crippen MR) is 143 cm³/mol. The Morgan fingerprint density at radius 1 is 1.26 bits per heavy atom. The minimum absolute atomic E-state index is 0.0219. The second-order valence-corrected chi connectivity index (χ2v) is 9.90. The first-order valence-electron chi connectivity index (χ1n) is 10.7. The van der Waals surface area contributed by atoms with Gasteiger partial charge in [-0.05, 0) is 42.1 Å². The van der Waals surface area contributed by atoms with Crippen LogP contribution in [0.5, 0.6) is 0 Å². The summed E-state index contributed by atoms with van der Waals surface area (Å²) in [5.74, 6) is -1.35. The molecule has 0 bridgehead atoms. The number of hydrogen-bond acceptors (Lipinski definition) is 5. The lowest BCUT2D eigenvalue weighted by Crippen LogP contribution is -2.22. The van der Waals surface area contributed by atoms with E-state index in [0.29, 0.717) is 28.1 Å². The number of imide groups is 1. The van der Waals surface area contributed by atoms with E-state index in [4.69, 9.17) is 17.3 Å². The van der Waals surface area contributed by atoms with Crippen LogP contribution in [0.3, 0.4) is 0 Å². The Kier molecular flexibility index (Phi) is 5.89. The number of fused-ring (bicyclic) bond motifs is 2. The maximum atomic E-state index is 13.0. The number of carbonyl (C=O) groups is 2. The summed E-state index contributed by atoms with van der Waals surface area (Å²) >= 11 is 12.1. The number of aromatic nitrogens is 1. The molecule has 3 heterocycles. The average molecular weight is 520 g/mol. The molecule has 2 amide bonds. The molecule has 2 aromatic heterocycles. The molecular weight excluding hydrogens is 502 g/mol. The fourth-order valence-corrected chi connectivity index (χ4v) is 5.89. The number of benzene rings is 2. The van der Waals surface area contributed by atoms with Crippen molar-refractivity contribution >= 4 is 79.1 Å². The molecule has 174 valence electrons.